The fraction of sp³-hybridized carbons (Fsp3) is 0.576. The van der Waals surface area contributed by atoms with Crippen LogP contribution in [0.4, 0.5) is 0 Å². The van der Waals surface area contributed by atoms with Gasteiger partial charge in [0.05, 0.1) is 6.61 Å². The molecule has 3 heteroatoms. The quantitative estimate of drug-likeness (QED) is 0.301. The molecule has 2 aromatic rings. The number of hydrogen-bond donors (Lipinski definition) is 0. The highest BCUT2D eigenvalue weighted by molar-refractivity contribution is 6.30. The summed E-state index contributed by atoms with van der Waals surface area (Å²) in [7, 11) is 0. The van der Waals surface area contributed by atoms with Gasteiger partial charge in [-0.05, 0) is 142 Å². The van der Waals surface area contributed by atoms with E-state index in [4.69, 9.17) is 16.3 Å². The van der Waals surface area contributed by atoms with Crippen molar-refractivity contribution in [3.8, 4) is 5.75 Å². The van der Waals surface area contributed by atoms with Crippen LogP contribution in [0.15, 0.2) is 54.1 Å². The van der Waals surface area contributed by atoms with Gasteiger partial charge in [-0.3, -0.25) is 0 Å². The molecule has 2 nitrogen and oxygen atoms in total. The van der Waals surface area contributed by atoms with E-state index in [1.54, 1.807) is 5.57 Å². The molecule has 5 fully saturated rings. The average Bonchev–Trinajstić information content (AvgIpc) is 3.40. The van der Waals surface area contributed by atoms with E-state index in [1.807, 2.05) is 0 Å². The van der Waals surface area contributed by atoms with Crippen LogP contribution in [0.2, 0.25) is 5.02 Å². The summed E-state index contributed by atoms with van der Waals surface area (Å²) >= 11 is 6.27. The van der Waals surface area contributed by atoms with Crippen molar-refractivity contribution in [2.24, 2.45) is 23.7 Å². The van der Waals surface area contributed by atoms with Gasteiger partial charge in [0.25, 0.3) is 0 Å². The molecule has 0 spiro atoms. The second kappa shape index (κ2) is 11.3. The Labute approximate surface area is 223 Å². The van der Waals surface area contributed by atoms with E-state index >= 15 is 0 Å². The third-order valence-electron chi connectivity index (χ3n) is 9.42. The normalized spacial score (nSPS) is 27.1. The van der Waals surface area contributed by atoms with Crippen molar-refractivity contribution >= 4 is 17.2 Å². The minimum atomic E-state index is 0.772. The van der Waals surface area contributed by atoms with E-state index in [0.29, 0.717) is 0 Å². The van der Waals surface area contributed by atoms with Crippen molar-refractivity contribution in [3.63, 3.8) is 0 Å². The smallest absolute Gasteiger partial charge is 0.119 e. The van der Waals surface area contributed by atoms with Crippen molar-refractivity contribution in [1.82, 2.24) is 4.90 Å². The highest BCUT2D eigenvalue weighted by Gasteiger charge is 2.46. The van der Waals surface area contributed by atoms with Crippen LogP contribution in [0.5, 0.6) is 5.75 Å². The van der Waals surface area contributed by atoms with Crippen LogP contribution >= 0.6 is 11.6 Å². The molecule has 1 saturated heterocycles. The van der Waals surface area contributed by atoms with Crippen molar-refractivity contribution in [1.29, 1.82) is 0 Å². The molecule has 4 bridgehead atoms. The van der Waals surface area contributed by atoms with E-state index in [0.717, 1.165) is 47.5 Å². The fourth-order valence-corrected chi connectivity index (χ4v) is 8.05. The third kappa shape index (κ3) is 5.55. The number of allylic oxidation sites excluding steroid dienone is 1. The van der Waals surface area contributed by atoms with Gasteiger partial charge in [-0.15, -0.1) is 0 Å². The number of halogens is 1. The minimum Gasteiger partial charge on any atom is -0.494 e. The number of rotatable bonds is 10. The van der Waals surface area contributed by atoms with Gasteiger partial charge in [-0.25, -0.2) is 0 Å². The first-order valence-corrected chi connectivity index (χ1v) is 15.1. The Morgan fingerprint density at radius 1 is 0.722 bits per heavy atom. The van der Waals surface area contributed by atoms with Gasteiger partial charge >= 0.3 is 0 Å². The molecule has 4 saturated carbocycles. The van der Waals surface area contributed by atoms with E-state index in [-0.39, 0.29) is 0 Å². The first-order chi connectivity index (χ1) is 17.7. The number of ether oxygens (including phenoxy) is 1. The second-order valence-electron chi connectivity index (χ2n) is 12.0. The number of nitrogens with zero attached hydrogens (tertiary/aromatic N) is 1. The van der Waals surface area contributed by atoms with Crippen LogP contribution in [-0.4, -0.2) is 31.1 Å². The molecule has 192 valence electrons. The number of likely N-dealkylation sites (tertiary alicyclic amines) is 1. The largest absolute Gasteiger partial charge is 0.494 e. The number of unbranched alkanes of at least 4 members (excludes halogenated alkanes) is 3. The molecule has 0 N–H and O–H groups in total. The molecular formula is C33H42ClNO. The van der Waals surface area contributed by atoms with Crippen molar-refractivity contribution in [2.75, 3.05) is 26.2 Å². The van der Waals surface area contributed by atoms with Gasteiger partial charge in [0.15, 0.2) is 0 Å². The summed E-state index contributed by atoms with van der Waals surface area (Å²) in [5.74, 6) is 4.49. The molecular weight excluding hydrogens is 462 g/mol. The second-order valence-corrected chi connectivity index (χ2v) is 12.4. The number of hydrogen-bond acceptors (Lipinski definition) is 2. The standard InChI is InChI=1S/C33H42ClNO/c34-30-11-7-26(8-12-30)32(33-28-20-24-19-25(22-28)23-29(33)21-24)27-9-13-31(14-10-27)36-18-6-2-1-3-15-35-16-4-5-17-35/h7-14,24-25,28-29H,1-6,15-23H2/t24-,25+,28?,29?. The van der Waals surface area contributed by atoms with E-state index < -0.39 is 0 Å². The van der Waals surface area contributed by atoms with Crippen molar-refractivity contribution in [2.45, 2.75) is 70.6 Å². The molecule has 5 aliphatic rings. The lowest BCUT2D eigenvalue weighted by Gasteiger charge is -2.52. The Hall–Kier alpha value is -1.77. The highest BCUT2D eigenvalue weighted by atomic mass is 35.5. The lowest BCUT2D eigenvalue weighted by Crippen LogP contribution is -2.40. The number of benzene rings is 2. The molecule has 36 heavy (non-hydrogen) atoms. The summed E-state index contributed by atoms with van der Waals surface area (Å²) in [6.45, 7) is 4.74. The van der Waals surface area contributed by atoms with Gasteiger partial charge in [-0.1, -0.05) is 54.3 Å². The topological polar surface area (TPSA) is 12.5 Å². The van der Waals surface area contributed by atoms with Crippen LogP contribution in [0.1, 0.15) is 81.8 Å². The average molecular weight is 504 g/mol. The summed E-state index contributed by atoms with van der Waals surface area (Å²) in [4.78, 5) is 2.62. The van der Waals surface area contributed by atoms with Crippen LogP contribution in [0.3, 0.4) is 0 Å². The molecule has 1 aliphatic heterocycles. The van der Waals surface area contributed by atoms with Gasteiger partial charge in [-0.2, -0.15) is 0 Å². The zero-order chi connectivity index (χ0) is 24.3. The van der Waals surface area contributed by atoms with Crippen LogP contribution in [0, 0.1) is 23.7 Å². The summed E-state index contributed by atoms with van der Waals surface area (Å²) in [5, 5.41) is 0.813. The first kappa shape index (κ1) is 24.6. The summed E-state index contributed by atoms with van der Waals surface area (Å²) in [6, 6.07) is 17.5. The van der Waals surface area contributed by atoms with Crippen LogP contribution in [-0.2, 0) is 0 Å². The van der Waals surface area contributed by atoms with Gasteiger partial charge in [0.1, 0.15) is 5.75 Å². The van der Waals surface area contributed by atoms with Gasteiger partial charge in [0.2, 0.25) is 0 Å². The first-order valence-electron chi connectivity index (χ1n) is 14.7. The predicted molar refractivity (Wildman–Crippen MR) is 151 cm³/mol. The van der Waals surface area contributed by atoms with E-state index in [9.17, 15) is 0 Å². The van der Waals surface area contributed by atoms with Crippen molar-refractivity contribution in [3.05, 3.63) is 70.3 Å². The molecule has 2 aromatic carbocycles. The Bertz CT molecular complexity index is 1000. The Morgan fingerprint density at radius 2 is 1.31 bits per heavy atom. The molecule has 0 aromatic heterocycles. The minimum absolute atomic E-state index is 0.772. The molecule has 7 rings (SSSR count). The maximum absolute atomic E-state index is 6.27. The van der Waals surface area contributed by atoms with E-state index in [2.05, 4.69) is 53.4 Å². The SMILES string of the molecule is Clc1ccc(C(=C2C3C[C@H]4CC2C[C@@H](C3)C4)c2ccc(OCCCCCCN3CCCC3)cc2)cc1. The molecule has 1 heterocycles. The maximum atomic E-state index is 6.27. The zero-order valence-electron chi connectivity index (χ0n) is 21.8. The van der Waals surface area contributed by atoms with E-state index in [1.165, 1.54) is 101 Å². The lowest BCUT2D eigenvalue weighted by atomic mass is 9.53. The van der Waals surface area contributed by atoms with Crippen LogP contribution < -0.4 is 4.74 Å². The monoisotopic (exact) mass is 503 g/mol. The molecule has 4 aliphatic carbocycles. The fourth-order valence-electron chi connectivity index (χ4n) is 7.92. The van der Waals surface area contributed by atoms with Gasteiger partial charge in [0, 0.05) is 5.02 Å². The summed E-state index contributed by atoms with van der Waals surface area (Å²) < 4.78 is 6.14. The third-order valence-corrected chi connectivity index (χ3v) is 9.67. The Kier molecular flexibility index (Phi) is 7.72. The van der Waals surface area contributed by atoms with Crippen LogP contribution in [0.25, 0.3) is 5.57 Å². The van der Waals surface area contributed by atoms with Gasteiger partial charge < -0.3 is 9.64 Å². The Balaban J connectivity index is 1.10. The van der Waals surface area contributed by atoms with Crippen molar-refractivity contribution < 1.29 is 4.74 Å². The summed E-state index contributed by atoms with van der Waals surface area (Å²) in [6.07, 6.45) is 15.0. The molecule has 0 atom stereocenters. The zero-order valence-corrected chi connectivity index (χ0v) is 22.5. The molecule has 0 unspecified atom stereocenters. The lowest BCUT2D eigenvalue weighted by molar-refractivity contribution is 0.0705. The molecule has 0 amide bonds. The highest BCUT2D eigenvalue weighted by Crippen LogP contribution is 2.58. The maximum Gasteiger partial charge on any atom is 0.119 e. The Morgan fingerprint density at radius 3 is 1.94 bits per heavy atom. The molecule has 0 radical (unpaired) electrons. The predicted octanol–water partition coefficient (Wildman–Crippen LogP) is 8.63. The summed E-state index contributed by atoms with van der Waals surface area (Å²) in [5.41, 5.74) is 5.88.